The van der Waals surface area contributed by atoms with Crippen LogP contribution in [0.3, 0.4) is 0 Å². The summed E-state index contributed by atoms with van der Waals surface area (Å²) in [5, 5.41) is 19.6. The topological polar surface area (TPSA) is 79.5 Å². The van der Waals surface area contributed by atoms with Crippen LogP contribution in [-0.2, 0) is 11.2 Å². The average Bonchev–Trinajstić information content (AvgIpc) is 2.85. The predicted octanol–water partition coefficient (Wildman–Crippen LogP) is 3.99. The molecule has 1 atom stereocenters. The molecule has 1 heterocycles. The molecule has 1 aliphatic rings. The van der Waals surface area contributed by atoms with Crippen molar-refractivity contribution in [2.75, 3.05) is 0 Å². The van der Waals surface area contributed by atoms with Gasteiger partial charge in [-0.3, -0.25) is 14.2 Å². The van der Waals surface area contributed by atoms with Crippen molar-refractivity contribution >= 4 is 22.8 Å². The highest BCUT2D eigenvalue weighted by Gasteiger charge is 2.28. The fraction of sp³-hybridized carbons (Fsp3) is 0.500. The van der Waals surface area contributed by atoms with Crippen LogP contribution < -0.4 is 0 Å². The van der Waals surface area contributed by atoms with E-state index in [1.165, 1.54) is 23.6 Å². The SMILES string of the molecule is Cc1c(CC(=O)O)c2cc(C(C)O)c(F)cc2n1C(=O)C1CCCCC1. The summed E-state index contributed by atoms with van der Waals surface area (Å²) in [5.41, 5.74) is 1.53. The van der Waals surface area contributed by atoms with Gasteiger partial charge in [-0.15, -0.1) is 0 Å². The monoisotopic (exact) mass is 361 g/mol. The van der Waals surface area contributed by atoms with Crippen LogP contribution >= 0.6 is 0 Å². The molecular weight excluding hydrogens is 337 g/mol. The quantitative estimate of drug-likeness (QED) is 0.863. The lowest BCUT2D eigenvalue weighted by atomic mass is 9.88. The first kappa shape index (κ1) is 18.6. The van der Waals surface area contributed by atoms with Gasteiger partial charge in [0.1, 0.15) is 5.82 Å². The van der Waals surface area contributed by atoms with Gasteiger partial charge in [0.2, 0.25) is 5.91 Å². The normalized spacial score (nSPS) is 16.8. The standard InChI is InChI=1S/C20H24FNO4/c1-11-14(9-19(24)25)16-8-15(12(2)23)17(21)10-18(16)22(11)20(26)13-6-4-3-5-7-13/h8,10,12-13,23H,3-7,9H2,1-2H3,(H,24,25). The summed E-state index contributed by atoms with van der Waals surface area (Å²) in [7, 11) is 0. The van der Waals surface area contributed by atoms with Crippen molar-refractivity contribution < 1.29 is 24.2 Å². The van der Waals surface area contributed by atoms with Crippen molar-refractivity contribution in [2.24, 2.45) is 5.92 Å². The number of benzene rings is 1. The predicted molar refractivity (Wildman–Crippen MR) is 95.8 cm³/mol. The van der Waals surface area contributed by atoms with Crippen LogP contribution in [0.2, 0.25) is 0 Å². The summed E-state index contributed by atoms with van der Waals surface area (Å²) in [5.74, 6) is -1.81. The minimum absolute atomic E-state index is 0.0898. The fourth-order valence-corrected chi connectivity index (χ4v) is 4.03. The Morgan fingerprint density at radius 3 is 2.50 bits per heavy atom. The summed E-state index contributed by atoms with van der Waals surface area (Å²) in [6, 6.07) is 2.72. The van der Waals surface area contributed by atoms with Gasteiger partial charge in [0.15, 0.2) is 0 Å². The molecule has 3 rings (SSSR count). The lowest BCUT2D eigenvalue weighted by Gasteiger charge is -2.22. The zero-order valence-corrected chi connectivity index (χ0v) is 15.1. The van der Waals surface area contributed by atoms with Crippen LogP contribution in [0, 0.1) is 18.7 Å². The van der Waals surface area contributed by atoms with Gasteiger partial charge in [-0.05, 0) is 44.4 Å². The van der Waals surface area contributed by atoms with Gasteiger partial charge in [-0.1, -0.05) is 19.3 Å². The Kier molecular flexibility index (Phi) is 5.14. The molecule has 0 amide bonds. The number of hydrogen-bond acceptors (Lipinski definition) is 3. The smallest absolute Gasteiger partial charge is 0.307 e. The second kappa shape index (κ2) is 7.19. The van der Waals surface area contributed by atoms with E-state index >= 15 is 0 Å². The maximum absolute atomic E-state index is 14.5. The third kappa shape index (κ3) is 3.26. The van der Waals surface area contributed by atoms with Crippen LogP contribution in [-0.4, -0.2) is 26.7 Å². The van der Waals surface area contributed by atoms with E-state index in [0.29, 0.717) is 22.2 Å². The minimum atomic E-state index is -1.02. The molecule has 1 unspecified atom stereocenters. The highest BCUT2D eigenvalue weighted by Crippen LogP contribution is 2.33. The maximum Gasteiger partial charge on any atom is 0.307 e. The van der Waals surface area contributed by atoms with Crippen molar-refractivity contribution in [3.63, 3.8) is 0 Å². The zero-order chi connectivity index (χ0) is 19.0. The van der Waals surface area contributed by atoms with Crippen LogP contribution in [0.4, 0.5) is 4.39 Å². The molecule has 0 aliphatic heterocycles. The lowest BCUT2D eigenvalue weighted by molar-refractivity contribution is -0.136. The number of aliphatic hydroxyl groups is 1. The molecule has 2 N–H and O–H groups in total. The molecule has 1 aliphatic carbocycles. The number of hydrogen-bond donors (Lipinski definition) is 2. The van der Waals surface area contributed by atoms with Gasteiger partial charge < -0.3 is 10.2 Å². The molecule has 6 heteroatoms. The third-order valence-electron chi connectivity index (χ3n) is 5.41. The second-order valence-corrected chi connectivity index (χ2v) is 7.21. The summed E-state index contributed by atoms with van der Waals surface area (Å²) >= 11 is 0. The second-order valence-electron chi connectivity index (χ2n) is 7.21. The van der Waals surface area contributed by atoms with Gasteiger partial charge in [-0.25, -0.2) is 4.39 Å². The molecule has 1 aromatic heterocycles. The van der Waals surface area contributed by atoms with E-state index in [-0.39, 0.29) is 23.8 Å². The van der Waals surface area contributed by atoms with Gasteiger partial charge >= 0.3 is 5.97 Å². The first-order valence-corrected chi connectivity index (χ1v) is 9.08. The van der Waals surface area contributed by atoms with Crippen LogP contribution in [0.1, 0.15) is 66.7 Å². The number of carbonyl (C=O) groups is 2. The number of aliphatic carboxylic acids is 1. The number of aromatic nitrogens is 1. The Morgan fingerprint density at radius 2 is 1.92 bits per heavy atom. The van der Waals surface area contributed by atoms with Crippen molar-refractivity contribution in [2.45, 2.75) is 58.5 Å². The van der Waals surface area contributed by atoms with Crippen molar-refractivity contribution in [1.29, 1.82) is 0 Å². The van der Waals surface area contributed by atoms with Crippen molar-refractivity contribution in [3.05, 3.63) is 34.8 Å². The molecule has 0 bridgehead atoms. The molecule has 1 aromatic carbocycles. The minimum Gasteiger partial charge on any atom is -0.481 e. The van der Waals surface area contributed by atoms with Gasteiger partial charge in [0, 0.05) is 22.6 Å². The Labute approximate surface area is 151 Å². The van der Waals surface area contributed by atoms with Crippen LogP contribution in [0.5, 0.6) is 0 Å². The molecule has 1 saturated carbocycles. The highest BCUT2D eigenvalue weighted by molar-refractivity contribution is 5.98. The fourth-order valence-electron chi connectivity index (χ4n) is 4.03. The van der Waals surface area contributed by atoms with Crippen molar-refractivity contribution in [3.8, 4) is 0 Å². The van der Waals surface area contributed by atoms with E-state index in [9.17, 15) is 24.2 Å². The molecule has 140 valence electrons. The van der Waals surface area contributed by atoms with Gasteiger partial charge in [0.05, 0.1) is 18.0 Å². The molecule has 0 spiro atoms. The average molecular weight is 361 g/mol. The van der Waals surface area contributed by atoms with Crippen LogP contribution in [0.25, 0.3) is 10.9 Å². The number of rotatable bonds is 4. The summed E-state index contributed by atoms with van der Waals surface area (Å²) < 4.78 is 15.9. The largest absolute Gasteiger partial charge is 0.481 e. The Bertz CT molecular complexity index is 863. The number of carboxylic acid groups (broad SMARTS) is 1. The Morgan fingerprint density at radius 1 is 1.27 bits per heavy atom. The van der Waals surface area contributed by atoms with Gasteiger partial charge in [-0.2, -0.15) is 0 Å². The number of halogens is 1. The van der Waals surface area contributed by atoms with E-state index in [1.807, 2.05) is 0 Å². The van der Waals surface area contributed by atoms with E-state index in [0.717, 1.165) is 32.1 Å². The number of carbonyl (C=O) groups excluding carboxylic acids is 1. The Hall–Kier alpha value is -2.21. The molecule has 1 fully saturated rings. The first-order valence-electron chi connectivity index (χ1n) is 9.08. The number of carboxylic acids is 1. The van der Waals surface area contributed by atoms with Gasteiger partial charge in [0.25, 0.3) is 0 Å². The summed E-state index contributed by atoms with van der Waals surface area (Å²) in [6.45, 7) is 3.16. The zero-order valence-electron chi connectivity index (χ0n) is 15.1. The molecule has 2 aromatic rings. The number of nitrogens with zero attached hydrogens (tertiary/aromatic N) is 1. The summed E-state index contributed by atoms with van der Waals surface area (Å²) in [4.78, 5) is 24.4. The maximum atomic E-state index is 14.5. The van der Waals surface area contributed by atoms with Crippen LogP contribution in [0.15, 0.2) is 12.1 Å². The molecule has 5 nitrogen and oxygen atoms in total. The summed E-state index contributed by atoms with van der Waals surface area (Å²) in [6.07, 6.45) is 3.45. The highest BCUT2D eigenvalue weighted by atomic mass is 19.1. The van der Waals surface area contributed by atoms with E-state index in [4.69, 9.17) is 0 Å². The molecule has 0 radical (unpaired) electrons. The van der Waals surface area contributed by atoms with E-state index in [2.05, 4.69) is 0 Å². The number of aliphatic hydroxyl groups excluding tert-OH is 1. The lowest BCUT2D eigenvalue weighted by Crippen LogP contribution is -2.24. The molecule has 0 saturated heterocycles. The first-order chi connectivity index (χ1) is 12.3. The van der Waals surface area contributed by atoms with E-state index < -0.39 is 17.9 Å². The third-order valence-corrected chi connectivity index (χ3v) is 5.41. The van der Waals surface area contributed by atoms with E-state index in [1.54, 1.807) is 6.92 Å². The Balaban J connectivity index is 2.21. The van der Waals surface area contributed by atoms with Crippen molar-refractivity contribution in [1.82, 2.24) is 4.57 Å². The molecular formula is C20H24FNO4. The molecule has 26 heavy (non-hydrogen) atoms. The number of fused-ring (bicyclic) bond motifs is 1.